The highest BCUT2D eigenvalue weighted by Crippen LogP contribution is 2.33. The van der Waals surface area contributed by atoms with Crippen LogP contribution < -0.4 is 9.47 Å². The van der Waals surface area contributed by atoms with Crippen molar-refractivity contribution >= 4 is 26.7 Å². The number of nitrogens with one attached hydrogen (secondary N) is 1. The topological polar surface area (TPSA) is 91.9 Å². The van der Waals surface area contributed by atoms with E-state index in [1.165, 1.54) is 10.4 Å². The molecular weight excluding hydrogens is 418 g/mol. The van der Waals surface area contributed by atoms with E-state index >= 15 is 0 Å². The normalized spacial score (nSPS) is 17.7. The third-order valence-electron chi connectivity index (χ3n) is 5.74. The molecule has 1 fully saturated rings. The number of piperazine rings is 1. The first-order chi connectivity index (χ1) is 15.0. The zero-order valence-corrected chi connectivity index (χ0v) is 17.7. The van der Waals surface area contributed by atoms with Gasteiger partial charge in [0.1, 0.15) is 13.2 Å². The maximum atomic E-state index is 13.1. The van der Waals surface area contributed by atoms with E-state index in [0.29, 0.717) is 56.5 Å². The van der Waals surface area contributed by atoms with Gasteiger partial charge in [0.15, 0.2) is 17.3 Å². The van der Waals surface area contributed by atoms with E-state index in [2.05, 4.69) is 4.98 Å². The summed E-state index contributed by atoms with van der Waals surface area (Å²) in [6.45, 7) is 2.78. The average molecular weight is 442 g/mol. The van der Waals surface area contributed by atoms with Crippen molar-refractivity contribution in [3.05, 3.63) is 54.2 Å². The average Bonchev–Trinajstić information content (AvgIpc) is 3.23. The zero-order valence-electron chi connectivity index (χ0n) is 16.9. The Balaban J connectivity index is 1.24. The van der Waals surface area contributed by atoms with Crippen LogP contribution in [0.5, 0.6) is 11.5 Å². The number of hydrogen-bond donors (Lipinski definition) is 1. The highest BCUT2D eigenvalue weighted by molar-refractivity contribution is 7.89. The summed E-state index contributed by atoms with van der Waals surface area (Å²) in [6.07, 6.45) is 1.75. The van der Waals surface area contributed by atoms with Gasteiger partial charge in [-0.2, -0.15) is 4.31 Å². The lowest BCUT2D eigenvalue weighted by atomic mass is 10.1. The van der Waals surface area contributed by atoms with Crippen molar-refractivity contribution in [2.24, 2.45) is 0 Å². The summed E-state index contributed by atoms with van der Waals surface area (Å²) in [7, 11) is -3.64. The monoisotopic (exact) mass is 441 g/mol. The SMILES string of the molecule is O=C(CN1CCN(S(=O)(=O)c2ccc3c(c2)OCCO3)CC1)c1c[nH]c2ccccc12. The number of Topliss-reactive ketones (excluding diaryl/α,β-unsaturated/α-hetero) is 1. The van der Waals surface area contributed by atoms with Crippen molar-refractivity contribution in [1.29, 1.82) is 0 Å². The Labute approximate surface area is 180 Å². The minimum atomic E-state index is -3.64. The minimum absolute atomic E-state index is 0.0283. The highest BCUT2D eigenvalue weighted by atomic mass is 32.2. The predicted octanol–water partition coefficient (Wildman–Crippen LogP) is 2.13. The van der Waals surface area contributed by atoms with Crippen LogP contribution in [0.1, 0.15) is 10.4 Å². The predicted molar refractivity (Wildman–Crippen MR) is 115 cm³/mol. The highest BCUT2D eigenvalue weighted by Gasteiger charge is 2.30. The molecule has 0 bridgehead atoms. The number of ether oxygens (including phenoxy) is 2. The second kappa shape index (κ2) is 7.99. The summed E-state index contributed by atoms with van der Waals surface area (Å²) in [5.74, 6) is 1.04. The number of rotatable bonds is 5. The number of hydrogen-bond acceptors (Lipinski definition) is 6. The van der Waals surface area contributed by atoms with Crippen LogP contribution in [-0.2, 0) is 10.0 Å². The zero-order chi connectivity index (χ0) is 21.4. The number of para-hydroxylation sites is 1. The fourth-order valence-electron chi connectivity index (χ4n) is 4.05. The fraction of sp³-hybridized carbons (Fsp3) is 0.318. The standard InChI is InChI=1S/C22H23N3O5S/c26-20(18-14-23-19-4-2-1-3-17(18)19)15-24-7-9-25(10-8-24)31(27,28)16-5-6-21-22(13-16)30-12-11-29-21/h1-6,13-14,23H,7-12,15H2. The molecule has 31 heavy (non-hydrogen) atoms. The van der Waals surface area contributed by atoms with Crippen molar-refractivity contribution < 1.29 is 22.7 Å². The first-order valence-corrected chi connectivity index (χ1v) is 11.7. The van der Waals surface area contributed by atoms with Gasteiger partial charge in [-0.25, -0.2) is 8.42 Å². The number of nitrogens with zero attached hydrogens (tertiary/aromatic N) is 2. The molecule has 0 aliphatic carbocycles. The van der Waals surface area contributed by atoms with E-state index in [9.17, 15) is 13.2 Å². The van der Waals surface area contributed by atoms with Gasteiger partial charge < -0.3 is 14.5 Å². The number of aromatic nitrogens is 1. The Bertz CT molecular complexity index is 1230. The molecule has 1 saturated heterocycles. The molecule has 2 aliphatic rings. The molecule has 0 saturated carbocycles. The van der Waals surface area contributed by atoms with Crippen molar-refractivity contribution in [1.82, 2.24) is 14.2 Å². The molecule has 9 heteroatoms. The largest absolute Gasteiger partial charge is 0.486 e. The summed E-state index contributed by atoms with van der Waals surface area (Å²) in [4.78, 5) is 18.1. The molecule has 0 radical (unpaired) electrons. The van der Waals surface area contributed by atoms with Crippen LogP contribution in [0.25, 0.3) is 10.9 Å². The summed E-state index contributed by atoms with van der Waals surface area (Å²) in [6, 6.07) is 12.4. The first-order valence-electron chi connectivity index (χ1n) is 10.2. The third kappa shape index (κ3) is 3.80. The minimum Gasteiger partial charge on any atom is -0.486 e. The Kier molecular flexibility index (Phi) is 5.17. The maximum absolute atomic E-state index is 13.1. The van der Waals surface area contributed by atoms with Gasteiger partial charge in [0.2, 0.25) is 10.0 Å². The molecule has 0 atom stereocenters. The lowest BCUT2D eigenvalue weighted by Crippen LogP contribution is -2.49. The van der Waals surface area contributed by atoms with Gasteiger partial charge in [-0.3, -0.25) is 9.69 Å². The second-order valence-corrected chi connectivity index (χ2v) is 9.59. The quantitative estimate of drug-likeness (QED) is 0.610. The van der Waals surface area contributed by atoms with Crippen LogP contribution in [0.3, 0.4) is 0 Å². The van der Waals surface area contributed by atoms with Crippen LogP contribution >= 0.6 is 0 Å². The first kappa shape index (κ1) is 20.0. The number of sulfonamides is 1. The van der Waals surface area contributed by atoms with Gasteiger partial charge in [0.25, 0.3) is 0 Å². The van der Waals surface area contributed by atoms with Crippen LogP contribution in [0.2, 0.25) is 0 Å². The Morgan fingerprint density at radius 3 is 2.52 bits per heavy atom. The van der Waals surface area contributed by atoms with E-state index < -0.39 is 10.0 Å². The number of benzene rings is 2. The Morgan fingerprint density at radius 2 is 1.71 bits per heavy atom. The van der Waals surface area contributed by atoms with E-state index in [0.717, 1.165) is 10.9 Å². The number of fused-ring (bicyclic) bond motifs is 2. The second-order valence-electron chi connectivity index (χ2n) is 7.66. The molecule has 1 N–H and O–H groups in total. The number of aromatic amines is 1. The molecule has 8 nitrogen and oxygen atoms in total. The number of carbonyl (C=O) groups excluding carboxylic acids is 1. The number of ketones is 1. The molecule has 2 aliphatic heterocycles. The third-order valence-corrected chi connectivity index (χ3v) is 7.63. The lowest BCUT2D eigenvalue weighted by molar-refractivity contribution is 0.0903. The van der Waals surface area contributed by atoms with Crippen molar-refractivity contribution in [3.8, 4) is 11.5 Å². The maximum Gasteiger partial charge on any atom is 0.243 e. The van der Waals surface area contributed by atoms with Gasteiger partial charge in [0, 0.05) is 54.9 Å². The molecule has 0 spiro atoms. The fourth-order valence-corrected chi connectivity index (χ4v) is 5.49. The Morgan fingerprint density at radius 1 is 0.968 bits per heavy atom. The Hall–Kier alpha value is -2.88. The van der Waals surface area contributed by atoms with E-state index in [1.54, 1.807) is 18.3 Å². The van der Waals surface area contributed by atoms with E-state index in [4.69, 9.17) is 9.47 Å². The summed E-state index contributed by atoms with van der Waals surface area (Å²) < 4.78 is 38.6. The van der Waals surface area contributed by atoms with E-state index in [-0.39, 0.29) is 17.2 Å². The summed E-state index contributed by atoms with van der Waals surface area (Å²) >= 11 is 0. The molecule has 3 aromatic rings. The summed E-state index contributed by atoms with van der Waals surface area (Å²) in [5.41, 5.74) is 1.60. The van der Waals surface area contributed by atoms with Gasteiger partial charge >= 0.3 is 0 Å². The van der Waals surface area contributed by atoms with Crippen LogP contribution in [0, 0.1) is 0 Å². The van der Waals surface area contributed by atoms with Gasteiger partial charge in [-0.1, -0.05) is 18.2 Å². The van der Waals surface area contributed by atoms with Crippen LogP contribution in [-0.4, -0.2) is 74.3 Å². The molecule has 0 amide bonds. The molecular formula is C22H23N3O5S. The van der Waals surface area contributed by atoms with Gasteiger partial charge in [-0.05, 0) is 18.2 Å². The molecule has 1 aromatic heterocycles. The molecule has 162 valence electrons. The lowest BCUT2D eigenvalue weighted by Gasteiger charge is -2.33. The van der Waals surface area contributed by atoms with Crippen molar-refractivity contribution in [3.63, 3.8) is 0 Å². The molecule has 3 heterocycles. The van der Waals surface area contributed by atoms with E-state index in [1.807, 2.05) is 29.2 Å². The van der Waals surface area contributed by atoms with Crippen LogP contribution in [0.15, 0.2) is 53.6 Å². The molecule has 2 aromatic carbocycles. The molecule has 0 unspecified atom stereocenters. The smallest absolute Gasteiger partial charge is 0.243 e. The van der Waals surface area contributed by atoms with Gasteiger partial charge in [0.05, 0.1) is 11.4 Å². The molecule has 5 rings (SSSR count). The van der Waals surface area contributed by atoms with Gasteiger partial charge in [-0.15, -0.1) is 0 Å². The summed E-state index contributed by atoms with van der Waals surface area (Å²) in [5, 5.41) is 0.910. The van der Waals surface area contributed by atoms with Crippen molar-refractivity contribution in [2.75, 3.05) is 45.9 Å². The van der Waals surface area contributed by atoms with Crippen LogP contribution in [0.4, 0.5) is 0 Å². The van der Waals surface area contributed by atoms with Crippen molar-refractivity contribution in [2.45, 2.75) is 4.90 Å². The number of H-pyrrole nitrogens is 1. The number of carbonyl (C=O) groups is 1.